The summed E-state index contributed by atoms with van der Waals surface area (Å²) in [5, 5.41) is 8.95. The minimum absolute atomic E-state index is 0.0939. The zero-order chi connectivity index (χ0) is 11.3. The van der Waals surface area contributed by atoms with E-state index in [9.17, 15) is 4.79 Å². The van der Waals surface area contributed by atoms with Crippen molar-refractivity contribution in [2.75, 3.05) is 5.75 Å². The Morgan fingerprint density at radius 3 is 2.80 bits per heavy atom. The van der Waals surface area contributed by atoms with Crippen molar-refractivity contribution in [2.45, 2.75) is 6.42 Å². The lowest BCUT2D eigenvalue weighted by molar-refractivity contribution is 0.0697. The highest BCUT2D eigenvalue weighted by Crippen LogP contribution is 2.17. The van der Waals surface area contributed by atoms with Crippen LogP contribution in [0, 0.1) is 11.8 Å². The van der Waals surface area contributed by atoms with Gasteiger partial charge in [-0.15, -0.1) is 0 Å². The molecule has 4 heteroatoms. The molecule has 0 aliphatic heterocycles. The van der Waals surface area contributed by atoms with E-state index in [1.165, 1.54) is 6.07 Å². The molecule has 0 heterocycles. The van der Waals surface area contributed by atoms with Gasteiger partial charge in [0.25, 0.3) is 0 Å². The van der Waals surface area contributed by atoms with Gasteiger partial charge in [0, 0.05) is 17.7 Å². The molecule has 0 bridgehead atoms. The summed E-state index contributed by atoms with van der Waals surface area (Å²) in [7, 11) is 0. The van der Waals surface area contributed by atoms with E-state index in [-0.39, 0.29) is 10.6 Å². The third kappa shape index (κ3) is 3.50. The number of rotatable bonds is 2. The van der Waals surface area contributed by atoms with Crippen LogP contribution in [0.3, 0.4) is 0 Å². The molecule has 0 spiro atoms. The molecule has 0 amide bonds. The van der Waals surface area contributed by atoms with Gasteiger partial charge in [0.2, 0.25) is 0 Å². The summed E-state index contributed by atoms with van der Waals surface area (Å²) in [4.78, 5) is 10.7. The summed E-state index contributed by atoms with van der Waals surface area (Å²) in [6, 6.07) is 4.65. The van der Waals surface area contributed by atoms with E-state index >= 15 is 0 Å². The van der Waals surface area contributed by atoms with Crippen molar-refractivity contribution in [3.8, 4) is 11.8 Å². The van der Waals surface area contributed by atoms with Crippen molar-refractivity contribution >= 4 is 30.2 Å². The first-order chi connectivity index (χ1) is 7.15. The molecular formula is C11H9ClO2S. The lowest BCUT2D eigenvalue weighted by Crippen LogP contribution is -1.97. The second-order valence-corrected chi connectivity index (χ2v) is 3.63. The Bertz CT molecular complexity index is 432. The molecule has 0 unspecified atom stereocenters. The molecule has 0 saturated heterocycles. The van der Waals surface area contributed by atoms with Crippen LogP contribution < -0.4 is 0 Å². The number of benzene rings is 1. The highest BCUT2D eigenvalue weighted by atomic mass is 35.5. The number of carboxylic acids is 1. The van der Waals surface area contributed by atoms with Crippen molar-refractivity contribution in [3.63, 3.8) is 0 Å². The molecule has 1 aromatic rings. The number of carbonyl (C=O) groups is 1. The van der Waals surface area contributed by atoms with Crippen LogP contribution in [0.4, 0.5) is 0 Å². The maximum atomic E-state index is 10.7. The molecule has 0 saturated carbocycles. The minimum Gasteiger partial charge on any atom is -0.478 e. The fourth-order valence-electron chi connectivity index (χ4n) is 0.987. The van der Waals surface area contributed by atoms with Crippen molar-refractivity contribution in [1.29, 1.82) is 0 Å². The standard InChI is InChI=1S/C11H9ClO2S/c12-10-7-8(3-1-2-6-15)4-5-9(10)11(13)14/h4-5,7,15H,2,6H2,(H,13,14). The predicted octanol–water partition coefficient (Wildman–Crippen LogP) is 2.71. The summed E-state index contributed by atoms with van der Waals surface area (Å²) >= 11 is 9.80. The number of carboxylic acid groups (broad SMARTS) is 1. The van der Waals surface area contributed by atoms with E-state index in [0.717, 1.165) is 0 Å². The highest BCUT2D eigenvalue weighted by molar-refractivity contribution is 7.80. The Morgan fingerprint density at radius 1 is 1.53 bits per heavy atom. The minimum atomic E-state index is -1.03. The fourth-order valence-corrected chi connectivity index (χ4v) is 1.36. The zero-order valence-corrected chi connectivity index (χ0v) is 9.48. The topological polar surface area (TPSA) is 37.3 Å². The van der Waals surface area contributed by atoms with Gasteiger partial charge in [0.1, 0.15) is 0 Å². The lowest BCUT2D eigenvalue weighted by atomic mass is 10.1. The number of hydrogen-bond donors (Lipinski definition) is 2. The SMILES string of the molecule is O=C(O)c1ccc(C#CCCS)cc1Cl. The smallest absolute Gasteiger partial charge is 0.337 e. The molecule has 1 rings (SSSR count). The molecule has 78 valence electrons. The first-order valence-electron chi connectivity index (χ1n) is 4.27. The Balaban J connectivity index is 2.93. The van der Waals surface area contributed by atoms with E-state index in [4.69, 9.17) is 16.7 Å². The van der Waals surface area contributed by atoms with E-state index in [1.54, 1.807) is 12.1 Å². The maximum absolute atomic E-state index is 10.7. The van der Waals surface area contributed by atoms with E-state index in [1.807, 2.05) is 0 Å². The van der Waals surface area contributed by atoms with Crippen molar-refractivity contribution in [3.05, 3.63) is 34.3 Å². The first-order valence-corrected chi connectivity index (χ1v) is 5.28. The molecule has 1 N–H and O–H groups in total. The molecule has 0 fully saturated rings. The van der Waals surface area contributed by atoms with Crippen LogP contribution in [-0.4, -0.2) is 16.8 Å². The van der Waals surface area contributed by atoms with Gasteiger partial charge < -0.3 is 5.11 Å². The summed E-state index contributed by atoms with van der Waals surface area (Å²) in [6.45, 7) is 0. The van der Waals surface area contributed by atoms with Gasteiger partial charge in [0.15, 0.2) is 0 Å². The number of hydrogen-bond acceptors (Lipinski definition) is 2. The summed E-state index contributed by atoms with van der Waals surface area (Å²) in [6.07, 6.45) is 0.696. The van der Waals surface area contributed by atoms with Gasteiger partial charge in [0.05, 0.1) is 10.6 Å². The van der Waals surface area contributed by atoms with Gasteiger partial charge >= 0.3 is 5.97 Å². The third-order valence-electron chi connectivity index (χ3n) is 1.67. The monoisotopic (exact) mass is 240 g/mol. The normalized spacial score (nSPS) is 9.20. The van der Waals surface area contributed by atoms with Gasteiger partial charge in [-0.1, -0.05) is 23.4 Å². The molecule has 0 aliphatic rings. The van der Waals surface area contributed by atoms with Crippen LogP contribution in [0.1, 0.15) is 22.3 Å². The molecule has 15 heavy (non-hydrogen) atoms. The average molecular weight is 241 g/mol. The van der Waals surface area contributed by atoms with Crippen molar-refractivity contribution < 1.29 is 9.90 Å². The first kappa shape index (κ1) is 12.0. The van der Waals surface area contributed by atoms with E-state index in [0.29, 0.717) is 17.7 Å². The van der Waals surface area contributed by atoms with Crippen LogP contribution in [-0.2, 0) is 0 Å². The quantitative estimate of drug-likeness (QED) is 0.616. The predicted molar refractivity (Wildman–Crippen MR) is 63.8 cm³/mol. The van der Waals surface area contributed by atoms with Crippen LogP contribution in [0.2, 0.25) is 5.02 Å². The molecule has 2 nitrogen and oxygen atoms in total. The number of thiol groups is 1. The molecular weight excluding hydrogens is 232 g/mol. The van der Waals surface area contributed by atoms with E-state index in [2.05, 4.69) is 24.5 Å². The second-order valence-electron chi connectivity index (χ2n) is 2.78. The summed E-state index contributed by atoms with van der Waals surface area (Å²) in [5.74, 6) is 5.44. The second kappa shape index (κ2) is 5.69. The Morgan fingerprint density at radius 2 is 2.27 bits per heavy atom. The Hall–Kier alpha value is -1.11. The Kier molecular flexibility index (Phi) is 4.54. The molecule has 1 aromatic carbocycles. The van der Waals surface area contributed by atoms with Crippen LogP contribution >= 0.6 is 24.2 Å². The molecule has 0 aliphatic carbocycles. The number of halogens is 1. The maximum Gasteiger partial charge on any atom is 0.337 e. The fraction of sp³-hybridized carbons (Fsp3) is 0.182. The van der Waals surface area contributed by atoms with Gasteiger partial charge in [-0.25, -0.2) is 4.79 Å². The van der Waals surface area contributed by atoms with Crippen LogP contribution in [0.15, 0.2) is 18.2 Å². The van der Waals surface area contributed by atoms with Gasteiger partial charge in [-0.2, -0.15) is 12.6 Å². The molecule has 0 atom stereocenters. The van der Waals surface area contributed by atoms with Gasteiger partial charge in [-0.3, -0.25) is 0 Å². The molecule has 0 radical (unpaired) electrons. The lowest BCUT2D eigenvalue weighted by Gasteiger charge is -1.98. The number of aromatic carboxylic acids is 1. The average Bonchev–Trinajstić information content (AvgIpc) is 2.17. The summed E-state index contributed by atoms with van der Waals surface area (Å²) < 4.78 is 0. The van der Waals surface area contributed by atoms with Crippen LogP contribution in [0.25, 0.3) is 0 Å². The van der Waals surface area contributed by atoms with Crippen LogP contribution in [0.5, 0.6) is 0 Å². The zero-order valence-electron chi connectivity index (χ0n) is 7.83. The Labute approximate surface area is 98.7 Å². The largest absolute Gasteiger partial charge is 0.478 e. The molecule has 0 aromatic heterocycles. The van der Waals surface area contributed by atoms with Crippen molar-refractivity contribution in [2.24, 2.45) is 0 Å². The highest BCUT2D eigenvalue weighted by Gasteiger charge is 2.07. The van der Waals surface area contributed by atoms with Gasteiger partial charge in [-0.05, 0) is 18.2 Å². The van der Waals surface area contributed by atoms with E-state index < -0.39 is 5.97 Å². The van der Waals surface area contributed by atoms with Crippen molar-refractivity contribution in [1.82, 2.24) is 0 Å². The summed E-state index contributed by atoms with van der Waals surface area (Å²) in [5.41, 5.74) is 0.809. The third-order valence-corrected chi connectivity index (χ3v) is 2.21.